The number of nitrogens with one attached hydrogen (secondary N) is 1. The third kappa shape index (κ3) is 4.61. The summed E-state index contributed by atoms with van der Waals surface area (Å²) in [6, 6.07) is 14.1. The standard InChI is InChI=1S/C27H27N3O7/c1-28-30-24(27(32)36-5)22(16-13-20(33-2)25(35-4)21(14-16)34-3)18-10-8-11-19(23(18)26(30)31)37-15-17-9-6-7-12-29-17/h6-14,28H,15H2,1-5H3. The minimum Gasteiger partial charge on any atom is -0.493 e. The van der Waals surface area contributed by atoms with E-state index in [-0.39, 0.29) is 17.7 Å². The van der Waals surface area contributed by atoms with Gasteiger partial charge < -0.3 is 29.1 Å². The summed E-state index contributed by atoms with van der Waals surface area (Å²) in [6.45, 7) is 0.150. The van der Waals surface area contributed by atoms with Crippen LogP contribution in [0.3, 0.4) is 0 Å². The van der Waals surface area contributed by atoms with Crippen molar-refractivity contribution in [2.75, 3.05) is 40.9 Å². The van der Waals surface area contributed by atoms with Crippen molar-refractivity contribution < 1.29 is 28.5 Å². The SMILES string of the molecule is CNn1c(C(=O)OC)c(-c2cc(OC)c(OC)c(OC)c2)c2cccc(OCc3ccccn3)c2c1=O. The first kappa shape index (κ1) is 25.4. The van der Waals surface area contributed by atoms with Crippen molar-refractivity contribution in [2.24, 2.45) is 0 Å². The molecule has 192 valence electrons. The molecule has 0 amide bonds. The summed E-state index contributed by atoms with van der Waals surface area (Å²) in [5.41, 5.74) is 3.98. The Kier molecular flexibility index (Phi) is 7.47. The lowest BCUT2D eigenvalue weighted by Crippen LogP contribution is -2.33. The lowest BCUT2D eigenvalue weighted by atomic mass is 9.95. The van der Waals surface area contributed by atoms with E-state index in [1.165, 1.54) is 35.5 Å². The molecule has 10 nitrogen and oxygen atoms in total. The number of pyridine rings is 2. The summed E-state index contributed by atoms with van der Waals surface area (Å²) >= 11 is 0. The maximum absolute atomic E-state index is 13.7. The highest BCUT2D eigenvalue weighted by molar-refractivity contribution is 6.08. The summed E-state index contributed by atoms with van der Waals surface area (Å²) < 4.78 is 28.8. The zero-order valence-corrected chi connectivity index (χ0v) is 21.2. The van der Waals surface area contributed by atoms with E-state index in [0.29, 0.717) is 45.2 Å². The number of carbonyl (C=O) groups is 1. The van der Waals surface area contributed by atoms with Gasteiger partial charge in [-0.3, -0.25) is 9.78 Å². The van der Waals surface area contributed by atoms with Crippen LogP contribution in [0.2, 0.25) is 0 Å². The van der Waals surface area contributed by atoms with E-state index in [9.17, 15) is 9.59 Å². The van der Waals surface area contributed by atoms with Crippen molar-refractivity contribution in [1.29, 1.82) is 0 Å². The molecule has 0 aliphatic carbocycles. The molecule has 1 N–H and O–H groups in total. The Morgan fingerprint density at radius 2 is 1.68 bits per heavy atom. The van der Waals surface area contributed by atoms with Gasteiger partial charge in [-0.2, -0.15) is 0 Å². The number of rotatable bonds is 9. The van der Waals surface area contributed by atoms with Gasteiger partial charge in [0.05, 0.1) is 39.5 Å². The van der Waals surface area contributed by atoms with Gasteiger partial charge in [-0.25, -0.2) is 9.47 Å². The van der Waals surface area contributed by atoms with Gasteiger partial charge >= 0.3 is 5.97 Å². The van der Waals surface area contributed by atoms with Gasteiger partial charge in [-0.1, -0.05) is 18.2 Å². The molecular formula is C27H27N3O7. The Labute approximate surface area is 213 Å². The highest BCUT2D eigenvalue weighted by atomic mass is 16.5. The van der Waals surface area contributed by atoms with Gasteiger partial charge in [0, 0.05) is 24.2 Å². The van der Waals surface area contributed by atoms with E-state index >= 15 is 0 Å². The molecule has 10 heteroatoms. The minimum absolute atomic E-state index is 0.00125. The number of hydrogen-bond donors (Lipinski definition) is 1. The van der Waals surface area contributed by atoms with Crippen LogP contribution >= 0.6 is 0 Å². The largest absolute Gasteiger partial charge is 0.493 e. The van der Waals surface area contributed by atoms with Gasteiger partial charge in [0.15, 0.2) is 17.2 Å². The predicted octanol–water partition coefficient (Wildman–Crippen LogP) is 3.63. The summed E-state index contributed by atoms with van der Waals surface area (Å²) in [5.74, 6) is 0.773. The van der Waals surface area contributed by atoms with E-state index in [1.807, 2.05) is 18.2 Å². The topological polar surface area (TPSA) is 110 Å². The Bertz CT molecular complexity index is 1470. The summed E-state index contributed by atoms with van der Waals surface area (Å²) in [4.78, 5) is 31.0. The summed E-state index contributed by atoms with van der Waals surface area (Å²) in [6.07, 6.45) is 1.67. The number of carbonyl (C=O) groups excluding carboxylic acids is 1. The zero-order chi connectivity index (χ0) is 26.5. The first-order valence-corrected chi connectivity index (χ1v) is 11.3. The minimum atomic E-state index is -0.711. The molecule has 0 aliphatic rings. The van der Waals surface area contributed by atoms with Gasteiger partial charge in [0.1, 0.15) is 12.4 Å². The molecular weight excluding hydrogens is 478 g/mol. The van der Waals surface area contributed by atoms with E-state index in [4.69, 9.17) is 23.7 Å². The van der Waals surface area contributed by atoms with Crippen molar-refractivity contribution in [3.05, 3.63) is 76.5 Å². The smallest absolute Gasteiger partial charge is 0.357 e. The number of benzene rings is 2. The molecule has 37 heavy (non-hydrogen) atoms. The Balaban J connectivity index is 2.07. The van der Waals surface area contributed by atoms with E-state index in [2.05, 4.69) is 10.4 Å². The van der Waals surface area contributed by atoms with Crippen LogP contribution in [0.4, 0.5) is 0 Å². The van der Waals surface area contributed by atoms with Crippen LogP contribution in [-0.2, 0) is 11.3 Å². The maximum atomic E-state index is 13.7. The number of ether oxygens (including phenoxy) is 5. The maximum Gasteiger partial charge on any atom is 0.357 e. The fourth-order valence-corrected chi connectivity index (χ4v) is 4.19. The third-order valence-electron chi connectivity index (χ3n) is 5.83. The first-order chi connectivity index (χ1) is 18.0. The first-order valence-electron chi connectivity index (χ1n) is 11.3. The number of esters is 1. The monoisotopic (exact) mass is 505 g/mol. The molecule has 0 atom stereocenters. The summed E-state index contributed by atoms with van der Waals surface area (Å²) in [7, 11) is 7.29. The Morgan fingerprint density at radius 3 is 2.24 bits per heavy atom. The van der Waals surface area contributed by atoms with Crippen LogP contribution in [-0.4, -0.2) is 51.1 Å². The van der Waals surface area contributed by atoms with Gasteiger partial charge in [-0.15, -0.1) is 0 Å². The second-order valence-electron chi connectivity index (χ2n) is 7.78. The second-order valence-corrected chi connectivity index (χ2v) is 7.78. The number of nitrogens with zero attached hydrogens (tertiary/aromatic N) is 2. The van der Waals surface area contributed by atoms with Crippen LogP contribution < -0.4 is 29.9 Å². The van der Waals surface area contributed by atoms with Crippen LogP contribution in [0, 0.1) is 0 Å². The molecule has 0 bridgehead atoms. The molecule has 0 fully saturated rings. The molecule has 2 aromatic heterocycles. The number of hydrogen-bond acceptors (Lipinski definition) is 9. The van der Waals surface area contributed by atoms with Crippen LogP contribution in [0.5, 0.6) is 23.0 Å². The second kappa shape index (κ2) is 10.9. The van der Waals surface area contributed by atoms with Crippen molar-refractivity contribution in [2.45, 2.75) is 6.61 Å². The van der Waals surface area contributed by atoms with Crippen molar-refractivity contribution >= 4 is 16.7 Å². The molecule has 0 saturated carbocycles. The zero-order valence-electron chi connectivity index (χ0n) is 21.2. The molecule has 4 aromatic rings. The molecule has 0 radical (unpaired) electrons. The molecule has 4 rings (SSSR count). The molecule has 0 aliphatic heterocycles. The average Bonchev–Trinajstić information content (AvgIpc) is 2.94. The molecule has 2 heterocycles. The average molecular weight is 506 g/mol. The van der Waals surface area contributed by atoms with E-state index < -0.39 is 11.5 Å². The quantitative estimate of drug-likeness (QED) is 0.341. The van der Waals surface area contributed by atoms with Gasteiger partial charge in [-0.05, 0) is 35.9 Å². The lowest BCUT2D eigenvalue weighted by Gasteiger charge is -2.21. The molecule has 2 aromatic carbocycles. The van der Waals surface area contributed by atoms with Crippen LogP contribution in [0.15, 0.2) is 59.5 Å². The highest BCUT2D eigenvalue weighted by Crippen LogP contribution is 2.44. The van der Waals surface area contributed by atoms with Gasteiger partial charge in [0.2, 0.25) is 5.75 Å². The predicted molar refractivity (Wildman–Crippen MR) is 138 cm³/mol. The van der Waals surface area contributed by atoms with Crippen molar-refractivity contribution in [3.63, 3.8) is 0 Å². The van der Waals surface area contributed by atoms with Gasteiger partial charge in [0.25, 0.3) is 5.56 Å². The lowest BCUT2D eigenvalue weighted by molar-refractivity contribution is 0.0590. The highest BCUT2D eigenvalue weighted by Gasteiger charge is 2.27. The fraction of sp³-hybridized carbons (Fsp3) is 0.222. The van der Waals surface area contributed by atoms with Crippen molar-refractivity contribution in [1.82, 2.24) is 9.66 Å². The number of methoxy groups -OCH3 is 4. The third-order valence-corrected chi connectivity index (χ3v) is 5.83. The molecule has 0 spiro atoms. The van der Waals surface area contributed by atoms with E-state index in [0.717, 1.165) is 4.68 Å². The van der Waals surface area contributed by atoms with Crippen LogP contribution in [0.1, 0.15) is 16.2 Å². The number of fused-ring (bicyclic) bond motifs is 1. The Morgan fingerprint density at radius 1 is 0.946 bits per heavy atom. The van der Waals surface area contributed by atoms with E-state index in [1.54, 1.807) is 36.5 Å². The van der Waals surface area contributed by atoms with Crippen LogP contribution in [0.25, 0.3) is 21.9 Å². The summed E-state index contributed by atoms with van der Waals surface area (Å²) in [5, 5.41) is 0.744. The van der Waals surface area contributed by atoms with Crippen molar-refractivity contribution in [3.8, 4) is 34.1 Å². The number of aromatic nitrogens is 2. The molecule has 0 unspecified atom stereocenters. The normalized spacial score (nSPS) is 10.6. The Hall–Kier alpha value is -4.73. The molecule has 0 saturated heterocycles. The fourth-order valence-electron chi connectivity index (χ4n) is 4.19.